The Morgan fingerprint density at radius 2 is 1.97 bits per heavy atom. The Kier molecular flexibility index (Phi) is 3.49. The van der Waals surface area contributed by atoms with Crippen LogP contribution in [-0.2, 0) is 5.41 Å². The van der Waals surface area contributed by atoms with Gasteiger partial charge in [-0.05, 0) is 41.6 Å². The highest BCUT2D eigenvalue weighted by Crippen LogP contribution is 2.62. The van der Waals surface area contributed by atoms with Crippen LogP contribution in [-0.4, -0.2) is 35.0 Å². The Balaban J connectivity index is 1.50. The summed E-state index contributed by atoms with van der Waals surface area (Å²) in [6, 6.07) is 17.0. The van der Waals surface area contributed by atoms with Gasteiger partial charge in [0.2, 0.25) is 0 Å². The second-order valence-electron chi connectivity index (χ2n) is 8.19. The molecule has 0 bridgehead atoms. The molecule has 3 aromatic carbocycles. The fourth-order valence-corrected chi connectivity index (χ4v) is 5.34. The molecule has 1 aliphatic heterocycles. The topological polar surface area (TPSA) is 65.6 Å². The molecule has 5 nitrogen and oxygen atoms in total. The number of hydrogen-bond acceptors (Lipinski definition) is 3. The number of carbonyl (C=O) groups excluding carboxylic acids is 1. The summed E-state index contributed by atoms with van der Waals surface area (Å²) in [4.78, 5) is 18.5. The van der Waals surface area contributed by atoms with Crippen molar-refractivity contribution in [2.24, 2.45) is 0 Å². The molecule has 2 heterocycles. The van der Waals surface area contributed by atoms with Crippen molar-refractivity contribution in [2.75, 3.05) is 18.6 Å². The van der Waals surface area contributed by atoms with E-state index >= 15 is 0 Å². The van der Waals surface area contributed by atoms with Crippen molar-refractivity contribution in [2.45, 2.75) is 17.2 Å². The summed E-state index contributed by atoms with van der Waals surface area (Å²) >= 11 is 6.61. The number of halogens is 1. The van der Waals surface area contributed by atoms with E-state index in [0.29, 0.717) is 12.2 Å². The van der Waals surface area contributed by atoms with Crippen LogP contribution in [0, 0.1) is 0 Å². The van der Waals surface area contributed by atoms with Crippen molar-refractivity contribution in [1.29, 1.82) is 0 Å². The number of anilines is 1. The number of ether oxygens (including phenoxy) is 1. The van der Waals surface area contributed by atoms with Gasteiger partial charge in [0.1, 0.15) is 17.2 Å². The SMILES string of the molecule is COc1ccc2[nH]c(C(=O)N3CC4(CC4Cl)c4c3cc(O)c3ccccc43)cc2c1. The van der Waals surface area contributed by atoms with Gasteiger partial charge < -0.3 is 19.7 Å². The van der Waals surface area contributed by atoms with E-state index in [1.54, 1.807) is 18.1 Å². The van der Waals surface area contributed by atoms with Crippen LogP contribution in [0.25, 0.3) is 21.7 Å². The molecular weight excluding hydrogens is 400 g/mol. The number of nitrogens with one attached hydrogen (secondary N) is 1. The van der Waals surface area contributed by atoms with Gasteiger partial charge in [0, 0.05) is 39.7 Å². The monoisotopic (exact) mass is 418 g/mol. The molecule has 2 atom stereocenters. The number of H-pyrrole nitrogens is 1. The number of phenols is 1. The number of fused-ring (bicyclic) bond motifs is 5. The molecule has 1 fully saturated rings. The zero-order chi connectivity index (χ0) is 20.6. The molecule has 6 heteroatoms. The third-order valence-corrected chi connectivity index (χ3v) is 7.09. The van der Waals surface area contributed by atoms with Crippen LogP contribution in [0.1, 0.15) is 22.5 Å². The van der Waals surface area contributed by atoms with Crippen LogP contribution >= 0.6 is 11.6 Å². The van der Waals surface area contributed by atoms with Crippen molar-refractivity contribution < 1.29 is 14.6 Å². The van der Waals surface area contributed by atoms with Crippen molar-refractivity contribution in [3.63, 3.8) is 0 Å². The van der Waals surface area contributed by atoms with E-state index < -0.39 is 0 Å². The van der Waals surface area contributed by atoms with Crippen LogP contribution in [0.3, 0.4) is 0 Å². The minimum atomic E-state index is -0.255. The van der Waals surface area contributed by atoms with Gasteiger partial charge in [-0.1, -0.05) is 24.3 Å². The lowest BCUT2D eigenvalue weighted by molar-refractivity contribution is 0.0983. The number of methoxy groups -OCH3 is 1. The molecule has 30 heavy (non-hydrogen) atoms. The molecule has 1 aliphatic carbocycles. The zero-order valence-corrected chi connectivity index (χ0v) is 17.0. The molecule has 1 spiro atoms. The fraction of sp³-hybridized carbons (Fsp3) is 0.208. The van der Waals surface area contributed by atoms with Crippen LogP contribution in [0.5, 0.6) is 11.5 Å². The van der Waals surface area contributed by atoms with E-state index in [1.165, 1.54) is 0 Å². The quantitative estimate of drug-likeness (QED) is 0.453. The Bertz CT molecular complexity index is 1360. The van der Waals surface area contributed by atoms with Crippen molar-refractivity contribution in [3.8, 4) is 11.5 Å². The van der Waals surface area contributed by atoms with Gasteiger partial charge in [0.25, 0.3) is 5.91 Å². The first-order valence-corrected chi connectivity index (χ1v) is 10.3. The van der Waals surface area contributed by atoms with Crippen molar-refractivity contribution >= 4 is 44.9 Å². The second-order valence-corrected chi connectivity index (χ2v) is 8.72. The van der Waals surface area contributed by atoms with E-state index in [0.717, 1.165) is 45.1 Å². The average Bonchev–Trinajstić information content (AvgIpc) is 3.10. The Morgan fingerprint density at radius 1 is 1.20 bits per heavy atom. The normalized spacial score (nSPS) is 22.1. The highest BCUT2D eigenvalue weighted by Gasteiger charge is 2.61. The third kappa shape index (κ3) is 2.27. The molecule has 2 aliphatic rings. The van der Waals surface area contributed by atoms with E-state index in [-0.39, 0.29) is 22.4 Å². The summed E-state index contributed by atoms with van der Waals surface area (Å²) in [6.45, 7) is 0.515. The van der Waals surface area contributed by atoms with Crippen LogP contribution in [0.2, 0.25) is 0 Å². The van der Waals surface area contributed by atoms with Crippen LogP contribution < -0.4 is 9.64 Å². The Labute approximate surface area is 177 Å². The zero-order valence-electron chi connectivity index (χ0n) is 16.3. The Hall–Kier alpha value is -3.18. The van der Waals surface area contributed by atoms with Gasteiger partial charge in [0.15, 0.2) is 0 Å². The van der Waals surface area contributed by atoms with E-state index in [4.69, 9.17) is 16.3 Å². The number of amides is 1. The molecular formula is C24H19ClN2O3. The summed E-state index contributed by atoms with van der Waals surface area (Å²) < 4.78 is 5.29. The fourth-order valence-electron chi connectivity index (χ4n) is 4.89. The largest absolute Gasteiger partial charge is 0.507 e. The minimum absolute atomic E-state index is 0.0195. The van der Waals surface area contributed by atoms with Gasteiger partial charge in [-0.2, -0.15) is 0 Å². The third-order valence-electron chi connectivity index (χ3n) is 6.52. The maximum atomic E-state index is 13.5. The predicted molar refractivity (Wildman–Crippen MR) is 118 cm³/mol. The molecule has 150 valence electrons. The number of alkyl halides is 1. The first kappa shape index (κ1) is 17.7. The van der Waals surface area contributed by atoms with Crippen LogP contribution in [0.4, 0.5) is 5.69 Å². The summed E-state index contributed by atoms with van der Waals surface area (Å²) in [5, 5.41) is 13.3. The first-order chi connectivity index (χ1) is 14.5. The average molecular weight is 419 g/mol. The summed E-state index contributed by atoms with van der Waals surface area (Å²) in [5.74, 6) is 0.784. The predicted octanol–water partition coefficient (Wildman–Crippen LogP) is 4.94. The molecule has 6 rings (SSSR count). The molecule has 0 radical (unpaired) electrons. The lowest BCUT2D eigenvalue weighted by Crippen LogP contribution is -2.32. The van der Waals surface area contributed by atoms with Crippen LogP contribution in [0.15, 0.2) is 54.6 Å². The first-order valence-electron chi connectivity index (χ1n) is 9.90. The summed E-state index contributed by atoms with van der Waals surface area (Å²) in [5.41, 5.74) is 2.93. The summed E-state index contributed by atoms with van der Waals surface area (Å²) in [6.07, 6.45) is 0.823. The number of hydrogen-bond donors (Lipinski definition) is 2. The van der Waals surface area contributed by atoms with Gasteiger partial charge in [0.05, 0.1) is 12.8 Å². The molecule has 2 unspecified atom stereocenters. The number of aromatic amines is 1. The number of rotatable bonds is 2. The number of phenolic OH excluding ortho intramolecular Hbond substituents is 1. The van der Waals surface area contributed by atoms with Gasteiger partial charge >= 0.3 is 0 Å². The lowest BCUT2D eigenvalue weighted by Gasteiger charge is -2.17. The second kappa shape index (κ2) is 5.92. The highest BCUT2D eigenvalue weighted by atomic mass is 35.5. The number of aromatic nitrogens is 1. The number of carbonyl (C=O) groups is 1. The smallest absolute Gasteiger partial charge is 0.274 e. The molecule has 2 N–H and O–H groups in total. The van der Waals surface area contributed by atoms with E-state index in [9.17, 15) is 9.90 Å². The molecule has 1 saturated carbocycles. The highest BCUT2D eigenvalue weighted by molar-refractivity contribution is 6.25. The number of aromatic hydroxyl groups is 1. The minimum Gasteiger partial charge on any atom is -0.507 e. The number of benzene rings is 3. The van der Waals surface area contributed by atoms with E-state index in [2.05, 4.69) is 4.98 Å². The van der Waals surface area contributed by atoms with Gasteiger partial charge in [-0.25, -0.2) is 0 Å². The molecule has 1 aromatic heterocycles. The maximum absolute atomic E-state index is 13.5. The molecule has 0 saturated heterocycles. The molecule has 1 amide bonds. The Morgan fingerprint density at radius 3 is 2.70 bits per heavy atom. The van der Waals surface area contributed by atoms with Crippen molar-refractivity contribution in [1.82, 2.24) is 4.98 Å². The van der Waals surface area contributed by atoms with E-state index in [1.807, 2.05) is 48.5 Å². The standard InChI is InChI=1S/C24H19ClN2O3/c1-30-14-6-7-17-13(8-14)9-18(26-17)23(29)27-12-24(11-21(24)25)22-16-5-3-2-4-15(16)20(28)10-19(22)27/h2-10,21,26,28H,11-12H2,1H3. The molecule has 4 aromatic rings. The van der Waals surface area contributed by atoms with Crippen molar-refractivity contribution in [3.05, 3.63) is 65.9 Å². The summed E-state index contributed by atoms with van der Waals surface area (Å²) in [7, 11) is 1.62. The van der Waals surface area contributed by atoms with Gasteiger partial charge in [-0.15, -0.1) is 11.6 Å². The lowest BCUT2D eigenvalue weighted by atomic mass is 9.92. The number of nitrogens with zero attached hydrogens (tertiary/aromatic N) is 1. The van der Waals surface area contributed by atoms with Gasteiger partial charge in [-0.3, -0.25) is 4.79 Å². The maximum Gasteiger partial charge on any atom is 0.274 e.